The average molecular weight is 335 g/mol. The molecule has 1 N–H and O–H groups in total. The largest absolute Gasteiger partial charge is 0.433 e. The number of nitriles is 1. The summed E-state index contributed by atoms with van der Waals surface area (Å²) >= 11 is 0. The zero-order valence-electron chi connectivity index (χ0n) is 13.5. The first-order valence-corrected chi connectivity index (χ1v) is 7.40. The van der Waals surface area contributed by atoms with Gasteiger partial charge in [-0.05, 0) is 37.6 Å². The minimum Gasteiger partial charge on any atom is -0.401 e. The fraction of sp³-hybridized carbons (Fsp3) is 0.111. The van der Waals surface area contributed by atoms with Crippen molar-refractivity contribution in [3.05, 3.63) is 73.6 Å². The summed E-state index contributed by atoms with van der Waals surface area (Å²) in [7, 11) is 0. The second-order valence-corrected chi connectivity index (χ2v) is 5.63. The normalized spacial score (nSPS) is 10.4. The van der Waals surface area contributed by atoms with Gasteiger partial charge in [0.2, 0.25) is 0 Å². The van der Waals surface area contributed by atoms with Crippen molar-refractivity contribution in [3.63, 3.8) is 0 Å². The van der Waals surface area contributed by atoms with Gasteiger partial charge in [0.1, 0.15) is 22.3 Å². The van der Waals surface area contributed by atoms with Gasteiger partial charge in [-0.25, -0.2) is 0 Å². The van der Waals surface area contributed by atoms with Gasteiger partial charge < -0.3 is 9.40 Å². The summed E-state index contributed by atoms with van der Waals surface area (Å²) in [5.74, 6) is -0.353. The van der Waals surface area contributed by atoms with E-state index >= 15 is 0 Å². The quantitative estimate of drug-likeness (QED) is 0.579. The van der Waals surface area contributed by atoms with Gasteiger partial charge in [0.15, 0.2) is 0 Å². The zero-order valence-corrected chi connectivity index (χ0v) is 13.5. The molecule has 0 saturated heterocycles. The van der Waals surface area contributed by atoms with Crippen molar-refractivity contribution in [2.24, 2.45) is 0 Å². The van der Waals surface area contributed by atoms with Gasteiger partial charge in [-0.3, -0.25) is 14.9 Å². The standard InChI is InChI=1S/C18H13N3O4/c1-10-3-4-11(2)12(7-10)15-8-13(14(9-19)18(22)20-15)16-5-6-17(25-16)21(23)24/h3-8H,1-2H3,(H,20,22). The molecule has 0 bridgehead atoms. The number of nitro groups is 1. The Morgan fingerprint density at radius 2 is 1.92 bits per heavy atom. The van der Waals surface area contributed by atoms with Crippen LogP contribution < -0.4 is 5.56 Å². The number of hydrogen-bond acceptors (Lipinski definition) is 5. The van der Waals surface area contributed by atoms with Crippen LogP contribution in [0.4, 0.5) is 5.88 Å². The highest BCUT2D eigenvalue weighted by atomic mass is 16.6. The number of aryl methyl sites for hydroxylation is 2. The van der Waals surface area contributed by atoms with Crippen molar-refractivity contribution in [1.82, 2.24) is 4.98 Å². The Kier molecular flexibility index (Phi) is 3.95. The predicted molar refractivity (Wildman–Crippen MR) is 91.0 cm³/mol. The predicted octanol–water partition coefficient (Wildman–Crippen LogP) is 3.70. The molecule has 0 unspecified atom stereocenters. The van der Waals surface area contributed by atoms with Gasteiger partial charge >= 0.3 is 5.88 Å². The molecule has 124 valence electrons. The Bertz CT molecular complexity index is 1090. The molecule has 2 aromatic heterocycles. The molecule has 0 spiro atoms. The number of aromatic amines is 1. The molecule has 0 aliphatic carbocycles. The maximum absolute atomic E-state index is 12.3. The molecule has 2 heterocycles. The highest BCUT2D eigenvalue weighted by molar-refractivity contribution is 5.74. The van der Waals surface area contributed by atoms with E-state index in [9.17, 15) is 20.2 Å². The lowest BCUT2D eigenvalue weighted by atomic mass is 9.99. The van der Waals surface area contributed by atoms with Crippen LogP contribution in [0.15, 0.2) is 45.6 Å². The van der Waals surface area contributed by atoms with E-state index in [2.05, 4.69) is 4.98 Å². The lowest BCUT2D eigenvalue weighted by Crippen LogP contribution is -2.12. The minimum absolute atomic E-state index is 0.0981. The molecule has 25 heavy (non-hydrogen) atoms. The Morgan fingerprint density at radius 3 is 2.56 bits per heavy atom. The fourth-order valence-corrected chi connectivity index (χ4v) is 2.61. The topological polar surface area (TPSA) is 113 Å². The zero-order chi connectivity index (χ0) is 18.1. The maximum atomic E-state index is 12.3. The Balaban J connectivity index is 2.26. The van der Waals surface area contributed by atoms with E-state index in [1.165, 1.54) is 12.1 Å². The van der Waals surface area contributed by atoms with Gasteiger partial charge in [0.25, 0.3) is 5.56 Å². The molecular formula is C18H13N3O4. The molecule has 0 fully saturated rings. The average Bonchev–Trinajstić information content (AvgIpc) is 3.06. The van der Waals surface area contributed by atoms with Gasteiger partial charge in [0.05, 0.1) is 6.07 Å². The van der Waals surface area contributed by atoms with Crippen LogP contribution >= 0.6 is 0 Å². The maximum Gasteiger partial charge on any atom is 0.433 e. The lowest BCUT2D eigenvalue weighted by molar-refractivity contribution is -0.401. The third kappa shape index (κ3) is 2.93. The fourth-order valence-electron chi connectivity index (χ4n) is 2.61. The molecule has 0 saturated carbocycles. The number of nitrogens with one attached hydrogen (secondary N) is 1. The number of benzene rings is 1. The molecule has 0 aliphatic heterocycles. The molecule has 7 nitrogen and oxygen atoms in total. The van der Waals surface area contributed by atoms with Gasteiger partial charge in [-0.2, -0.15) is 5.26 Å². The summed E-state index contributed by atoms with van der Waals surface area (Å²) in [6, 6.07) is 11.8. The number of rotatable bonds is 3. The number of pyridine rings is 1. The van der Waals surface area contributed by atoms with E-state index in [1.54, 1.807) is 6.07 Å². The van der Waals surface area contributed by atoms with Crippen molar-refractivity contribution < 1.29 is 9.34 Å². The first kappa shape index (κ1) is 16.2. The third-order valence-electron chi connectivity index (χ3n) is 3.87. The molecule has 0 radical (unpaired) electrons. The van der Waals surface area contributed by atoms with E-state index in [0.29, 0.717) is 5.69 Å². The van der Waals surface area contributed by atoms with Crippen LogP contribution in [0.5, 0.6) is 0 Å². The first-order valence-electron chi connectivity index (χ1n) is 7.40. The summed E-state index contributed by atoms with van der Waals surface area (Å²) < 4.78 is 5.17. The number of furan rings is 1. The summed E-state index contributed by atoms with van der Waals surface area (Å²) in [5.41, 5.74) is 2.77. The van der Waals surface area contributed by atoms with Crippen LogP contribution in [0.2, 0.25) is 0 Å². The SMILES string of the molecule is Cc1ccc(C)c(-c2cc(-c3ccc([N+](=O)[O-])o3)c(C#N)c(=O)[nH]2)c1. The highest BCUT2D eigenvalue weighted by Gasteiger charge is 2.19. The van der Waals surface area contributed by atoms with Crippen molar-refractivity contribution in [1.29, 1.82) is 5.26 Å². The van der Waals surface area contributed by atoms with Gasteiger partial charge in [0, 0.05) is 16.8 Å². The molecular weight excluding hydrogens is 322 g/mol. The van der Waals surface area contributed by atoms with Gasteiger partial charge in [-0.15, -0.1) is 0 Å². The molecule has 1 aromatic carbocycles. The lowest BCUT2D eigenvalue weighted by Gasteiger charge is -2.09. The molecule has 3 aromatic rings. The van der Waals surface area contributed by atoms with Crippen molar-refractivity contribution in [2.45, 2.75) is 13.8 Å². The summed E-state index contributed by atoms with van der Waals surface area (Å²) in [6.07, 6.45) is 0. The first-order chi connectivity index (χ1) is 11.9. The summed E-state index contributed by atoms with van der Waals surface area (Å²) in [4.78, 5) is 25.2. The summed E-state index contributed by atoms with van der Waals surface area (Å²) in [5, 5.41) is 20.1. The van der Waals surface area contributed by atoms with Crippen LogP contribution in [0.1, 0.15) is 16.7 Å². The van der Waals surface area contributed by atoms with E-state index in [4.69, 9.17) is 4.42 Å². The summed E-state index contributed by atoms with van der Waals surface area (Å²) in [6.45, 7) is 3.84. The van der Waals surface area contributed by atoms with Crippen molar-refractivity contribution >= 4 is 5.88 Å². The van der Waals surface area contributed by atoms with Crippen LogP contribution in [0, 0.1) is 35.3 Å². The second-order valence-electron chi connectivity index (χ2n) is 5.63. The van der Waals surface area contributed by atoms with Crippen molar-refractivity contribution in [2.75, 3.05) is 0 Å². The second kappa shape index (κ2) is 6.09. The van der Waals surface area contributed by atoms with Crippen LogP contribution in [0.3, 0.4) is 0 Å². The molecule has 0 aliphatic rings. The van der Waals surface area contributed by atoms with Crippen LogP contribution in [-0.2, 0) is 0 Å². The number of aromatic nitrogens is 1. The van der Waals surface area contributed by atoms with Crippen LogP contribution in [-0.4, -0.2) is 9.91 Å². The Labute approximate surface area is 142 Å². The van der Waals surface area contributed by atoms with E-state index in [-0.39, 0.29) is 16.9 Å². The molecule has 0 atom stereocenters. The third-order valence-corrected chi connectivity index (χ3v) is 3.87. The number of nitrogens with zero attached hydrogens (tertiary/aromatic N) is 2. The molecule has 0 amide bonds. The molecule has 3 rings (SSSR count). The van der Waals surface area contributed by atoms with E-state index in [0.717, 1.165) is 16.7 Å². The van der Waals surface area contributed by atoms with Gasteiger partial charge in [-0.1, -0.05) is 17.7 Å². The Morgan fingerprint density at radius 1 is 1.16 bits per heavy atom. The van der Waals surface area contributed by atoms with Crippen LogP contribution in [0.25, 0.3) is 22.6 Å². The highest BCUT2D eigenvalue weighted by Crippen LogP contribution is 2.31. The van der Waals surface area contributed by atoms with E-state index in [1.807, 2.05) is 38.1 Å². The van der Waals surface area contributed by atoms with Crippen molar-refractivity contribution in [3.8, 4) is 28.7 Å². The number of hydrogen-bond donors (Lipinski definition) is 1. The van der Waals surface area contributed by atoms with E-state index < -0.39 is 16.4 Å². The molecule has 7 heteroatoms. The monoisotopic (exact) mass is 335 g/mol. The number of H-pyrrole nitrogens is 1. The smallest absolute Gasteiger partial charge is 0.401 e. The Hall–Kier alpha value is -3.66. The minimum atomic E-state index is -0.672.